The van der Waals surface area contributed by atoms with Gasteiger partial charge in [-0.25, -0.2) is 4.79 Å². The Labute approximate surface area is 63.8 Å². The third-order valence-corrected chi connectivity index (χ3v) is 1.83. The Morgan fingerprint density at radius 1 is 1.64 bits per heavy atom. The number of amides is 2. The molecule has 0 bridgehead atoms. The van der Waals surface area contributed by atoms with Crippen LogP contribution < -0.4 is 10.8 Å². The predicted molar refractivity (Wildman–Crippen MR) is 38.0 cm³/mol. The number of carbonyl (C=O) groups excluding carboxylic acids is 1. The van der Waals surface area contributed by atoms with Crippen LogP contribution in [0.15, 0.2) is 4.99 Å². The van der Waals surface area contributed by atoms with E-state index >= 15 is 0 Å². The minimum Gasteiger partial charge on any atom is -0.393 e. The summed E-state index contributed by atoms with van der Waals surface area (Å²) in [5, 5.41) is 2.65. The second kappa shape index (κ2) is 2.50. The molecule has 1 atom stereocenters. The van der Waals surface area contributed by atoms with Gasteiger partial charge in [0.05, 0.1) is 5.92 Å². The molecule has 5 heteroatoms. The van der Waals surface area contributed by atoms with Crippen molar-refractivity contribution < 1.29 is 9.63 Å². The highest BCUT2D eigenvalue weighted by atomic mass is 16.7. The van der Waals surface area contributed by atoms with Crippen molar-refractivity contribution in [1.29, 1.82) is 0 Å². The molecule has 60 valence electrons. The van der Waals surface area contributed by atoms with Crippen LogP contribution in [-0.2, 0) is 4.84 Å². The Morgan fingerprint density at radius 2 is 2.55 bits per heavy atom. The van der Waals surface area contributed by atoms with E-state index in [4.69, 9.17) is 4.84 Å². The average Bonchev–Trinajstić information content (AvgIpc) is 2.04. The van der Waals surface area contributed by atoms with Gasteiger partial charge in [-0.05, 0) is 6.42 Å². The van der Waals surface area contributed by atoms with E-state index in [2.05, 4.69) is 15.8 Å². The van der Waals surface area contributed by atoms with Crippen LogP contribution in [0.4, 0.5) is 4.79 Å². The zero-order chi connectivity index (χ0) is 7.68. The van der Waals surface area contributed by atoms with Gasteiger partial charge in [-0.15, -0.1) is 0 Å². The number of hydrogen-bond acceptors (Lipinski definition) is 3. The number of hydrogen-bond donors (Lipinski definition) is 2. The summed E-state index contributed by atoms with van der Waals surface area (Å²) in [5.74, 6) is 0.800. The van der Waals surface area contributed by atoms with Crippen molar-refractivity contribution in [3.63, 3.8) is 0 Å². The summed E-state index contributed by atoms with van der Waals surface area (Å²) in [6, 6.07) is -0.306. The highest BCUT2D eigenvalue weighted by molar-refractivity contribution is 5.94. The number of rotatable bonds is 0. The van der Waals surface area contributed by atoms with Crippen molar-refractivity contribution in [2.75, 3.05) is 13.1 Å². The Bertz CT molecular complexity index is 214. The van der Waals surface area contributed by atoms with Crippen LogP contribution in [0.3, 0.4) is 0 Å². The molecule has 2 amide bonds. The van der Waals surface area contributed by atoms with Crippen LogP contribution in [0.25, 0.3) is 0 Å². The van der Waals surface area contributed by atoms with E-state index < -0.39 is 0 Å². The van der Waals surface area contributed by atoms with Crippen LogP contribution in [0.5, 0.6) is 0 Å². The molecular weight excluding hydrogens is 146 g/mol. The minimum atomic E-state index is -0.306. The first kappa shape index (κ1) is 6.60. The Morgan fingerprint density at radius 3 is 3.45 bits per heavy atom. The molecule has 2 aliphatic heterocycles. The van der Waals surface area contributed by atoms with Gasteiger partial charge < -0.3 is 10.2 Å². The molecule has 2 aliphatic rings. The van der Waals surface area contributed by atoms with Crippen LogP contribution in [0, 0.1) is 5.92 Å². The smallest absolute Gasteiger partial charge is 0.344 e. The molecule has 0 aromatic heterocycles. The van der Waals surface area contributed by atoms with Gasteiger partial charge in [-0.2, -0.15) is 10.5 Å². The lowest BCUT2D eigenvalue weighted by Gasteiger charge is -2.26. The van der Waals surface area contributed by atoms with Gasteiger partial charge in [0.1, 0.15) is 0 Å². The lowest BCUT2D eigenvalue weighted by molar-refractivity contribution is 0.128. The maximum Gasteiger partial charge on any atom is 0.344 e. The number of urea groups is 1. The zero-order valence-corrected chi connectivity index (χ0v) is 5.96. The second-order valence-corrected chi connectivity index (χ2v) is 2.62. The summed E-state index contributed by atoms with van der Waals surface area (Å²) in [7, 11) is 0. The van der Waals surface area contributed by atoms with Crippen molar-refractivity contribution in [3.05, 3.63) is 0 Å². The van der Waals surface area contributed by atoms with Crippen molar-refractivity contribution in [2.45, 2.75) is 6.42 Å². The minimum absolute atomic E-state index is 0.272. The van der Waals surface area contributed by atoms with E-state index in [0.717, 1.165) is 13.0 Å². The number of nitrogens with zero attached hydrogens (tertiary/aromatic N) is 1. The highest BCUT2D eigenvalue weighted by Crippen LogP contribution is 2.12. The molecule has 0 aromatic carbocycles. The first-order chi connectivity index (χ1) is 5.36. The predicted octanol–water partition coefficient (Wildman–Crippen LogP) is -0.351. The fourth-order valence-electron chi connectivity index (χ4n) is 1.22. The molecule has 2 heterocycles. The quantitative estimate of drug-likeness (QED) is 0.502. The average molecular weight is 155 g/mol. The van der Waals surface area contributed by atoms with E-state index in [9.17, 15) is 4.79 Å². The number of fused-ring (bicyclic) bond motifs is 1. The largest absolute Gasteiger partial charge is 0.393 e. The van der Waals surface area contributed by atoms with Gasteiger partial charge in [0.15, 0.2) is 0 Å². The van der Waals surface area contributed by atoms with Gasteiger partial charge in [0.25, 0.3) is 0 Å². The topological polar surface area (TPSA) is 62.7 Å². The molecule has 1 saturated heterocycles. The van der Waals surface area contributed by atoms with Crippen LogP contribution in [0.1, 0.15) is 6.42 Å². The maximum atomic E-state index is 10.7. The summed E-state index contributed by atoms with van der Waals surface area (Å²) >= 11 is 0. The van der Waals surface area contributed by atoms with Crippen molar-refractivity contribution in [3.8, 4) is 0 Å². The molecule has 11 heavy (non-hydrogen) atoms. The van der Waals surface area contributed by atoms with E-state index in [1.807, 2.05) is 0 Å². The van der Waals surface area contributed by atoms with Crippen molar-refractivity contribution in [1.82, 2.24) is 10.8 Å². The lowest BCUT2D eigenvalue weighted by atomic mass is 10.0. The Balaban J connectivity index is 2.16. The van der Waals surface area contributed by atoms with Crippen LogP contribution in [0.2, 0.25) is 0 Å². The van der Waals surface area contributed by atoms with Gasteiger partial charge >= 0.3 is 6.03 Å². The SMILES string of the molecule is O=C1N=C2ONCCC2CN1. The van der Waals surface area contributed by atoms with E-state index in [1.165, 1.54) is 0 Å². The van der Waals surface area contributed by atoms with Crippen LogP contribution >= 0.6 is 0 Å². The van der Waals surface area contributed by atoms with Crippen LogP contribution in [-0.4, -0.2) is 25.0 Å². The fraction of sp³-hybridized carbons (Fsp3) is 0.667. The van der Waals surface area contributed by atoms with Gasteiger partial charge in [-0.1, -0.05) is 0 Å². The molecule has 0 spiro atoms. The fourth-order valence-corrected chi connectivity index (χ4v) is 1.22. The normalized spacial score (nSPS) is 29.6. The first-order valence-corrected chi connectivity index (χ1v) is 3.62. The molecule has 0 radical (unpaired) electrons. The molecular formula is C6H9N3O2. The standard InChI is InChI=1S/C6H9N3O2/c10-6-7-3-4-1-2-8-11-5(4)9-6/h4,8H,1-3H2,(H,7,10). The molecule has 1 fully saturated rings. The number of carbonyl (C=O) groups is 1. The second-order valence-electron chi connectivity index (χ2n) is 2.62. The van der Waals surface area contributed by atoms with Crippen molar-refractivity contribution in [2.24, 2.45) is 10.9 Å². The monoisotopic (exact) mass is 155 g/mol. The van der Waals surface area contributed by atoms with Gasteiger partial charge in [-0.3, -0.25) is 0 Å². The Kier molecular flexibility index (Phi) is 1.50. The molecule has 0 saturated carbocycles. The Hall–Kier alpha value is -1.10. The molecule has 0 aliphatic carbocycles. The van der Waals surface area contributed by atoms with Gasteiger partial charge in [0.2, 0.25) is 5.90 Å². The highest BCUT2D eigenvalue weighted by Gasteiger charge is 2.27. The molecule has 0 aromatic rings. The summed E-state index contributed by atoms with van der Waals surface area (Å²) < 4.78 is 0. The summed E-state index contributed by atoms with van der Waals surface area (Å²) in [6.45, 7) is 1.47. The van der Waals surface area contributed by atoms with E-state index in [1.54, 1.807) is 0 Å². The van der Waals surface area contributed by atoms with Gasteiger partial charge in [0, 0.05) is 13.1 Å². The van der Waals surface area contributed by atoms with E-state index in [-0.39, 0.29) is 11.9 Å². The maximum absolute atomic E-state index is 10.7. The first-order valence-electron chi connectivity index (χ1n) is 3.62. The number of nitrogens with one attached hydrogen (secondary N) is 2. The number of aliphatic imine (C=N–C) groups is 1. The summed E-state index contributed by atoms with van der Waals surface area (Å²) in [5.41, 5.74) is 2.69. The third-order valence-electron chi connectivity index (χ3n) is 1.83. The lowest BCUT2D eigenvalue weighted by Crippen LogP contribution is -2.45. The molecule has 2 N–H and O–H groups in total. The summed E-state index contributed by atoms with van der Waals surface area (Å²) in [4.78, 5) is 19.4. The number of hydroxylamine groups is 1. The van der Waals surface area contributed by atoms with E-state index in [0.29, 0.717) is 12.4 Å². The summed E-state index contributed by atoms with van der Waals surface area (Å²) in [6.07, 6.45) is 0.971. The third kappa shape index (κ3) is 1.19. The molecule has 5 nitrogen and oxygen atoms in total. The molecule has 1 unspecified atom stereocenters. The molecule has 2 rings (SSSR count). The zero-order valence-electron chi connectivity index (χ0n) is 5.96. The van der Waals surface area contributed by atoms with Crippen molar-refractivity contribution >= 4 is 11.9 Å².